The summed E-state index contributed by atoms with van der Waals surface area (Å²) in [6.45, 7) is 0.637. The topological polar surface area (TPSA) is 66.1 Å². The molecule has 1 aliphatic rings. The largest absolute Gasteiger partial charge is 0.416 e. The number of hydrogen-bond acceptors (Lipinski definition) is 3. The van der Waals surface area contributed by atoms with E-state index in [0.717, 1.165) is 12.3 Å². The van der Waals surface area contributed by atoms with Crippen LogP contribution in [0.15, 0.2) is 18.3 Å². The van der Waals surface area contributed by atoms with Crippen molar-refractivity contribution >= 4 is 20.9 Å². The molecule has 1 fully saturated rings. The van der Waals surface area contributed by atoms with E-state index in [1.165, 1.54) is 16.6 Å². The second kappa shape index (κ2) is 5.48. The molecule has 1 N–H and O–H groups in total. The second-order valence-corrected chi connectivity index (χ2v) is 7.81. The highest BCUT2D eigenvalue weighted by molar-refractivity contribution is 7.88. The van der Waals surface area contributed by atoms with E-state index in [-0.39, 0.29) is 5.92 Å². The lowest BCUT2D eigenvalue weighted by atomic mass is 9.87. The first kappa shape index (κ1) is 16.3. The van der Waals surface area contributed by atoms with Crippen molar-refractivity contribution in [2.24, 2.45) is 0 Å². The van der Waals surface area contributed by atoms with Gasteiger partial charge in [0.1, 0.15) is 0 Å². The summed E-state index contributed by atoms with van der Waals surface area (Å²) in [5, 5.41) is 7.09. The van der Waals surface area contributed by atoms with Crippen molar-refractivity contribution in [1.82, 2.24) is 14.5 Å². The van der Waals surface area contributed by atoms with Crippen LogP contribution in [-0.4, -0.2) is 42.3 Å². The van der Waals surface area contributed by atoms with E-state index in [2.05, 4.69) is 10.2 Å². The number of nitrogens with zero attached hydrogens (tertiary/aromatic N) is 2. The van der Waals surface area contributed by atoms with Gasteiger partial charge in [0.05, 0.1) is 23.5 Å². The maximum absolute atomic E-state index is 13.1. The predicted octanol–water partition coefficient (Wildman–Crippen LogP) is 2.72. The third-order valence-electron chi connectivity index (χ3n) is 4.28. The van der Waals surface area contributed by atoms with Crippen LogP contribution in [0, 0.1) is 0 Å². The summed E-state index contributed by atoms with van der Waals surface area (Å²) < 4.78 is 63.7. The third kappa shape index (κ3) is 3.20. The Morgan fingerprint density at radius 3 is 2.48 bits per heavy atom. The number of aromatic nitrogens is 2. The molecule has 0 amide bonds. The van der Waals surface area contributed by atoms with Crippen LogP contribution in [0.5, 0.6) is 0 Å². The molecule has 0 radical (unpaired) electrons. The van der Waals surface area contributed by atoms with Crippen molar-refractivity contribution in [2.75, 3.05) is 19.3 Å². The van der Waals surface area contributed by atoms with E-state index in [4.69, 9.17) is 0 Å². The van der Waals surface area contributed by atoms with Gasteiger partial charge in [-0.15, -0.1) is 0 Å². The maximum atomic E-state index is 13.1. The standard InChI is InChI=1S/C14H16F3N3O2S/c1-23(21,22)20-4-2-9(3-5-20)11-6-10(14(15,16)17)7-13-12(11)8-18-19-13/h6-9H,2-5H2,1H3,(H,18,19). The van der Waals surface area contributed by atoms with Crippen LogP contribution in [0.25, 0.3) is 10.9 Å². The van der Waals surface area contributed by atoms with Gasteiger partial charge >= 0.3 is 6.18 Å². The molecule has 2 aromatic rings. The third-order valence-corrected chi connectivity index (χ3v) is 5.58. The van der Waals surface area contributed by atoms with Gasteiger partial charge in [0.25, 0.3) is 0 Å². The quantitative estimate of drug-likeness (QED) is 0.908. The van der Waals surface area contributed by atoms with Crippen LogP contribution < -0.4 is 0 Å². The van der Waals surface area contributed by atoms with Crippen molar-refractivity contribution < 1.29 is 21.6 Å². The summed E-state index contributed by atoms with van der Waals surface area (Å²) in [7, 11) is -3.26. The number of fused-ring (bicyclic) bond motifs is 1. The Bertz CT molecular complexity index is 821. The van der Waals surface area contributed by atoms with Gasteiger partial charge in [-0.1, -0.05) is 0 Å². The van der Waals surface area contributed by atoms with Gasteiger partial charge < -0.3 is 0 Å². The van der Waals surface area contributed by atoms with E-state index in [1.54, 1.807) is 0 Å². The van der Waals surface area contributed by atoms with Crippen LogP contribution in [-0.2, 0) is 16.2 Å². The molecule has 0 spiro atoms. The first-order chi connectivity index (χ1) is 10.7. The molecule has 5 nitrogen and oxygen atoms in total. The Labute approximate surface area is 131 Å². The predicted molar refractivity (Wildman–Crippen MR) is 79.5 cm³/mol. The van der Waals surface area contributed by atoms with E-state index in [0.29, 0.717) is 42.4 Å². The van der Waals surface area contributed by atoms with Crippen LogP contribution in [0.2, 0.25) is 0 Å². The van der Waals surface area contributed by atoms with E-state index in [1.807, 2.05) is 0 Å². The normalized spacial score (nSPS) is 18.6. The summed E-state index contributed by atoms with van der Waals surface area (Å²) in [5.41, 5.74) is 0.215. The first-order valence-electron chi connectivity index (χ1n) is 7.15. The number of piperidine rings is 1. The number of alkyl halides is 3. The minimum atomic E-state index is -4.43. The average molecular weight is 347 g/mol. The summed E-state index contributed by atoms with van der Waals surface area (Å²) in [6, 6.07) is 2.22. The van der Waals surface area contributed by atoms with Gasteiger partial charge in [-0.05, 0) is 36.5 Å². The molecule has 0 bridgehead atoms. The molecule has 1 aromatic heterocycles. The molecule has 1 aromatic carbocycles. The lowest BCUT2D eigenvalue weighted by Gasteiger charge is -2.31. The zero-order valence-corrected chi connectivity index (χ0v) is 13.2. The van der Waals surface area contributed by atoms with Crippen molar-refractivity contribution in [3.8, 4) is 0 Å². The van der Waals surface area contributed by atoms with E-state index >= 15 is 0 Å². The fraction of sp³-hybridized carbons (Fsp3) is 0.500. The molecule has 23 heavy (non-hydrogen) atoms. The van der Waals surface area contributed by atoms with Crippen molar-refractivity contribution in [3.05, 3.63) is 29.5 Å². The highest BCUT2D eigenvalue weighted by Crippen LogP contribution is 2.38. The molecule has 2 heterocycles. The van der Waals surface area contributed by atoms with Crippen molar-refractivity contribution in [2.45, 2.75) is 24.9 Å². The average Bonchev–Trinajstić information content (AvgIpc) is 2.93. The molecule has 0 atom stereocenters. The first-order valence-corrected chi connectivity index (χ1v) is 9.00. The number of benzene rings is 1. The summed E-state index contributed by atoms with van der Waals surface area (Å²) >= 11 is 0. The molecule has 126 valence electrons. The molecule has 9 heteroatoms. The summed E-state index contributed by atoms with van der Waals surface area (Å²) in [6.07, 6.45) is -0.773. The van der Waals surface area contributed by atoms with Gasteiger partial charge in [0.2, 0.25) is 10.0 Å². The Morgan fingerprint density at radius 2 is 1.91 bits per heavy atom. The number of hydrogen-bond donors (Lipinski definition) is 1. The van der Waals surface area contributed by atoms with Crippen LogP contribution in [0.4, 0.5) is 13.2 Å². The molecule has 0 aliphatic carbocycles. The number of H-pyrrole nitrogens is 1. The summed E-state index contributed by atoms with van der Waals surface area (Å²) in [4.78, 5) is 0. The van der Waals surface area contributed by atoms with Crippen molar-refractivity contribution in [3.63, 3.8) is 0 Å². The molecular formula is C14H16F3N3O2S. The molecule has 1 aliphatic heterocycles. The Kier molecular flexibility index (Phi) is 3.88. The van der Waals surface area contributed by atoms with Crippen LogP contribution in [0.1, 0.15) is 29.9 Å². The zero-order chi connectivity index (χ0) is 16.8. The van der Waals surface area contributed by atoms with Crippen LogP contribution in [0.3, 0.4) is 0 Å². The van der Waals surface area contributed by atoms with Gasteiger partial charge in [-0.25, -0.2) is 12.7 Å². The monoisotopic (exact) mass is 347 g/mol. The van der Waals surface area contributed by atoms with Crippen molar-refractivity contribution in [1.29, 1.82) is 0 Å². The molecule has 0 unspecified atom stereocenters. The van der Waals surface area contributed by atoms with Gasteiger partial charge in [-0.2, -0.15) is 18.3 Å². The van der Waals surface area contributed by atoms with Crippen LogP contribution >= 0.6 is 0 Å². The SMILES string of the molecule is CS(=O)(=O)N1CCC(c2cc(C(F)(F)F)cc3[nH]ncc23)CC1. The zero-order valence-electron chi connectivity index (χ0n) is 12.4. The smallest absolute Gasteiger partial charge is 0.278 e. The Hall–Kier alpha value is -1.61. The van der Waals surface area contributed by atoms with Gasteiger partial charge in [0.15, 0.2) is 0 Å². The second-order valence-electron chi connectivity index (χ2n) is 5.83. The fourth-order valence-corrected chi connectivity index (χ4v) is 3.95. The number of rotatable bonds is 2. The Morgan fingerprint density at radius 1 is 1.26 bits per heavy atom. The minimum Gasteiger partial charge on any atom is -0.278 e. The molecule has 0 saturated carbocycles. The highest BCUT2D eigenvalue weighted by atomic mass is 32.2. The van der Waals surface area contributed by atoms with Gasteiger partial charge in [0, 0.05) is 18.5 Å². The Balaban J connectivity index is 1.95. The number of halogens is 3. The molecule has 1 saturated heterocycles. The fourth-order valence-electron chi connectivity index (χ4n) is 3.08. The number of aromatic amines is 1. The number of sulfonamides is 1. The summed E-state index contributed by atoms with van der Waals surface area (Å²) in [5.74, 6) is -0.115. The molecular weight excluding hydrogens is 331 g/mol. The lowest BCUT2D eigenvalue weighted by molar-refractivity contribution is -0.137. The molecule has 3 rings (SSSR count). The maximum Gasteiger partial charge on any atom is 0.416 e. The van der Waals surface area contributed by atoms with E-state index in [9.17, 15) is 21.6 Å². The number of nitrogens with one attached hydrogen (secondary N) is 1. The highest BCUT2D eigenvalue weighted by Gasteiger charge is 2.33. The minimum absolute atomic E-state index is 0.115. The lowest BCUT2D eigenvalue weighted by Crippen LogP contribution is -2.37. The van der Waals surface area contributed by atoms with E-state index < -0.39 is 21.8 Å². The van der Waals surface area contributed by atoms with Gasteiger partial charge in [-0.3, -0.25) is 5.10 Å².